The minimum atomic E-state index is 0. The molecule has 0 saturated carbocycles. The summed E-state index contributed by atoms with van der Waals surface area (Å²) in [7, 11) is 0. The fourth-order valence-corrected chi connectivity index (χ4v) is 4.06. The molecule has 5 rings (SSSR count). The first-order valence-corrected chi connectivity index (χ1v) is 9.56. The highest BCUT2D eigenvalue weighted by Gasteiger charge is 2.28. The molecule has 1 saturated heterocycles. The van der Waals surface area contributed by atoms with Crippen LogP contribution in [-0.2, 0) is 11.3 Å². The first-order valence-electron chi connectivity index (χ1n) is 9.56. The van der Waals surface area contributed by atoms with Crippen LogP contribution in [0.1, 0.15) is 23.5 Å². The van der Waals surface area contributed by atoms with E-state index in [9.17, 15) is 0 Å². The molecule has 28 heavy (non-hydrogen) atoms. The van der Waals surface area contributed by atoms with E-state index in [0.29, 0.717) is 19.3 Å². The molecule has 2 aliphatic rings. The van der Waals surface area contributed by atoms with E-state index in [1.54, 1.807) is 0 Å². The van der Waals surface area contributed by atoms with Crippen LogP contribution in [0.5, 0.6) is 11.5 Å². The maximum atomic E-state index is 6.37. The summed E-state index contributed by atoms with van der Waals surface area (Å²) in [5.74, 6) is 2.04. The molecule has 0 aliphatic carbocycles. The van der Waals surface area contributed by atoms with Gasteiger partial charge in [-0.25, -0.2) is 0 Å². The van der Waals surface area contributed by atoms with Gasteiger partial charge in [0.1, 0.15) is 0 Å². The van der Waals surface area contributed by atoms with E-state index in [2.05, 4.69) is 59.9 Å². The number of piperidine rings is 1. The molecule has 0 radical (unpaired) electrons. The molecule has 2 heterocycles. The average Bonchev–Trinajstić information content (AvgIpc) is 3.20. The molecule has 5 heteroatoms. The minimum Gasteiger partial charge on any atom is -0.454 e. The highest BCUT2D eigenvalue weighted by atomic mass is 35.5. The van der Waals surface area contributed by atoms with E-state index < -0.39 is 0 Å². The van der Waals surface area contributed by atoms with Crippen LogP contribution >= 0.6 is 12.4 Å². The third-order valence-corrected chi connectivity index (χ3v) is 5.53. The standard InChI is InChI=1S/C23H23NO3.ClH/c1-2-4-18-11-16(5-6-17(18)3-1)14-25-23-13-24-10-9-20(23)19-7-8-21-22(12-19)27-15-26-21;/h1-8,11-12,20,23-24H,9-10,13-15H2;1H. The van der Waals surface area contributed by atoms with Gasteiger partial charge in [-0.1, -0.05) is 42.5 Å². The zero-order chi connectivity index (χ0) is 18.1. The normalized spacial score (nSPS) is 20.7. The largest absolute Gasteiger partial charge is 0.454 e. The lowest BCUT2D eigenvalue weighted by Gasteiger charge is -2.32. The number of rotatable bonds is 4. The van der Waals surface area contributed by atoms with Gasteiger partial charge in [-0.3, -0.25) is 0 Å². The zero-order valence-corrected chi connectivity index (χ0v) is 16.4. The molecule has 2 atom stereocenters. The Kier molecular flexibility index (Phi) is 5.72. The van der Waals surface area contributed by atoms with Gasteiger partial charge >= 0.3 is 0 Å². The van der Waals surface area contributed by atoms with Crippen molar-refractivity contribution in [1.29, 1.82) is 0 Å². The molecule has 1 fully saturated rings. The number of nitrogens with one attached hydrogen (secondary N) is 1. The summed E-state index contributed by atoms with van der Waals surface area (Å²) in [6, 6.07) is 21.3. The highest BCUT2D eigenvalue weighted by Crippen LogP contribution is 2.37. The van der Waals surface area contributed by atoms with Gasteiger partial charge in [0.2, 0.25) is 6.79 Å². The Morgan fingerprint density at radius 3 is 2.71 bits per heavy atom. The van der Waals surface area contributed by atoms with E-state index in [1.807, 2.05) is 6.07 Å². The molecule has 146 valence electrons. The molecule has 2 unspecified atom stereocenters. The summed E-state index contributed by atoms with van der Waals surface area (Å²) in [5.41, 5.74) is 2.48. The van der Waals surface area contributed by atoms with E-state index in [1.165, 1.54) is 21.9 Å². The Morgan fingerprint density at radius 2 is 1.79 bits per heavy atom. The molecular formula is C23H24ClNO3. The van der Waals surface area contributed by atoms with Gasteiger partial charge < -0.3 is 19.5 Å². The van der Waals surface area contributed by atoms with E-state index in [-0.39, 0.29) is 18.5 Å². The van der Waals surface area contributed by atoms with Gasteiger partial charge in [0.15, 0.2) is 11.5 Å². The minimum absolute atomic E-state index is 0. The quantitative estimate of drug-likeness (QED) is 0.695. The summed E-state index contributed by atoms with van der Waals surface area (Å²) in [5, 5.41) is 5.99. The molecule has 0 bridgehead atoms. The molecule has 0 spiro atoms. The van der Waals surface area contributed by atoms with E-state index in [0.717, 1.165) is 31.0 Å². The van der Waals surface area contributed by atoms with Gasteiger partial charge in [0.05, 0.1) is 12.7 Å². The molecule has 4 nitrogen and oxygen atoms in total. The maximum absolute atomic E-state index is 6.37. The van der Waals surface area contributed by atoms with Crippen molar-refractivity contribution < 1.29 is 14.2 Å². The topological polar surface area (TPSA) is 39.7 Å². The van der Waals surface area contributed by atoms with Crippen LogP contribution in [0.4, 0.5) is 0 Å². The first-order chi connectivity index (χ1) is 13.4. The Labute approximate surface area is 171 Å². The monoisotopic (exact) mass is 397 g/mol. The van der Waals surface area contributed by atoms with Crippen LogP contribution in [0.3, 0.4) is 0 Å². The summed E-state index contributed by atoms with van der Waals surface area (Å²) >= 11 is 0. The second-order valence-electron chi connectivity index (χ2n) is 7.24. The van der Waals surface area contributed by atoms with E-state index >= 15 is 0 Å². The van der Waals surface area contributed by atoms with Gasteiger partial charge in [0.25, 0.3) is 0 Å². The summed E-state index contributed by atoms with van der Waals surface area (Å²) in [4.78, 5) is 0. The van der Waals surface area contributed by atoms with Crippen molar-refractivity contribution in [3.05, 3.63) is 71.8 Å². The third kappa shape index (κ3) is 3.81. The number of hydrogen-bond acceptors (Lipinski definition) is 4. The molecular weight excluding hydrogens is 374 g/mol. The number of halogens is 1. The third-order valence-electron chi connectivity index (χ3n) is 5.53. The molecule has 3 aromatic rings. The summed E-state index contributed by atoms with van der Waals surface area (Å²) in [6.07, 6.45) is 1.20. The second-order valence-corrected chi connectivity index (χ2v) is 7.24. The van der Waals surface area contributed by atoms with Crippen molar-refractivity contribution in [2.45, 2.75) is 25.0 Å². The van der Waals surface area contributed by atoms with E-state index in [4.69, 9.17) is 14.2 Å². The van der Waals surface area contributed by atoms with Crippen LogP contribution in [0.2, 0.25) is 0 Å². The van der Waals surface area contributed by atoms with Crippen molar-refractivity contribution in [2.75, 3.05) is 19.9 Å². The lowest BCUT2D eigenvalue weighted by Crippen LogP contribution is -2.40. The summed E-state index contributed by atoms with van der Waals surface area (Å²) < 4.78 is 17.4. The van der Waals surface area contributed by atoms with Gasteiger partial charge in [-0.2, -0.15) is 0 Å². The highest BCUT2D eigenvalue weighted by molar-refractivity contribution is 5.85. The Hall–Kier alpha value is -2.27. The second kappa shape index (κ2) is 8.39. The summed E-state index contributed by atoms with van der Waals surface area (Å²) in [6.45, 7) is 2.81. The van der Waals surface area contributed by atoms with Crippen LogP contribution in [0.25, 0.3) is 10.8 Å². The first kappa shape index (κ1) is 19.1. The smallest absolute Gasteiger partial charge is 0.231 e. The molecule has 0 aromatic heterocycles. The number of fused-ring (bicyclic) bond motifs is 2. The molecule has 3 aromatic carbocycles. The van der Waals surface area contributed by atoms with Crippen molar-refractivity contribution in [1.82, 2.24) is 5.32 Å². The van der Waals surface area contributed by atoms with Gasteiger partial charge in [-0.05, 0) is 53.1 Å². The number of hydrogen-bond donors (Lipinski definition) is 1. The van der Waals surface area contributed by atoms with Crippen LogP contribution < -0.4 is 14.8 Å². The molecule has 1 N–H and O–H groups in total. The van der Waals surface area contributed by atoms with Gasteiger partial charge in [-0.15, -0.1) is 12.4 Å². The van der Waals surface area contributed by atoms with Crippen LogP contribution in [-0.4, -0.2) is 26.0 Å². The lowest BCUT2D eigenvalue weighted by atomic mass is 9.87. The van der Waals surface area contributed by atoms with Crippen LogP contribution in [0.15, 0.2) is 60.7 Å². The predicted octanol–water partition coefficient (Wildman–Crippen LogP) is 4.65. The maximum Gasteiger partial charge on any atom is 0.231 e. The fraction of sp³-hybridized carbons (Fsp3) is 0.304. The van der Waals surface area contributed by atoms with Crippen LogP contribution in [0, 0.1) is 0 Å². The number of benzene rings is 3. The molecule has 0 amide bonds. The Balaban J connectivity index is 0.00000192. The fourth-order valence-electron chi connectivity index (χ4n) is 4.06. The van der Waals surface area contributed by atoms with Gasteiger partial charge in [0, 0.05) is 12.5 Å². The average molecular weight is 398 g/mol. The Bertz CT molecular complexity index is 961. The predicted molar refractivity (Wildman–Crippen MR) is 113 cm³/mol. The van der Waals surface area contributed by atoms with Crippen molar-refractivity contribution in [2.24, 2.45) is 0 Å². The lowest BCUT2D eigenvalue weighted by molar-refractivity contribution is 0.0106. The SMILES string of the molecule is Cl.c1ccc2cc(COC3CNCCC3c3ccc4c(c3)OCO4)ccc2c1. The number of ether oxygens (including phenoxy) is 3. The molecule has 2 aliphatic heterocycles. The Morgan fingerprint density at radius 1 is 0.929 bits per heavy atom. The van der Waals surface area contributed by atoms with Crippen molar-refractivity contribution in [3.8, 4) is 11.5 Å². The van der Waals surface area contributed by atoms with Crippen molar-refractivity contribution >= 4 is 23.2 Å². The van der Waals surface area contributed by atoms with Crippen molar-refractivity contribution in [3.63, 3.8) is 0 Å². The zero-order valence-electron chi connectivity index (χ0n) is 15.6.